The van der Waals surface area contributed by atoms with E-state index in [2.05, 4.69) is 17.3 Å². The van der Waals surface area contributed by atoms with E-state index in [9.17, 15) is 14.4 Å². The molecular formula is C21H20N4O4S. The van der Waals surface area contributed by atoms with Crippen molar-refractivity contribution in [1.29, 1.82) is 5.26 Å². The molecule has 0 saturated carbocycles. The molecule has 2 aromatic heterocycles. The van der Waals surface area contributed by atoms with E-state index in [0.717, 1.165) is 19.3 Å². The minimum Gasteiger partial charge on any atom is -0.451 e. The molecule has 1 aromatic carbocycles. The minimum atomic E-state index is -0.794. The van der Waals surface area contributed by atoms with Crippen LogP contribution in [0.15, 0.2) is 40.5 Å². The Hall–Kier alpha value is -3.51. The van der Waals surface area contributed by atoms with E-state index in [1.807, 2.05) is 6.07 Å². The molecule has 0 radical (unpaired) electrons. The molecule has 0 aliphatic carbocycles. The molecule has 30 heavy (non-hydrogen) atoms. The van der Waals surface area contributed by atoms with Gasteiger partial charge in [-0.15, -0.1) is 11.3 Å². The number of anilines is 1. The van der Waals surface area contributed by atoms with E-state index in [1.165, 1.54) is 16.0 Å². The number of rotatable bonds is 8. The van der Waals surface area contributed by atoms with Crippen LogP contribution in [-0.2, 0) is 16.1 Å². The molecule has 0 fully saturated rings. The lowest BCUT2D eigenvalue weighted by atomic mass is 10.1. The first-order valence-corrected chi connectivity index (χ1v) is 10.4. The van der Waals surface area contributed by atoms with Gasteiger partial charge in [0, 0.05) is 11.9 Å². The number of thiophene rings is 1. The predicted molar refractivity (Wildman–Crippen MR) is 113 cm³/mol. The molecule has 0 atom stereocenters. The molecule has 9 heteroatoms. The second-order valence-corrected chi connectivity index (χ2v) is 7.45. The van der Waals surface area contributed by atoms with Gasteiger partial charge in [0.1, 0.15) is 11.1 Å². The van der Waals surface area contributed by atoms with E-state index >= 15 is 0 Å². The average molecular weight is 424 g/mol. The highest BCUT2D eigenvalue weighted by atomic mass is 32.1. The Morgan fingerprint density at radius 3 is 2.73 bits per heavy atom. The third kappa shape index (κ3) is 4.72. The molecular weight excluding hydrogens is 404 g/mol. The molecule has 3 aromatic rings. The monoisotopic (exact) mass is 424 g/mol. The van der Waals surface area contributed by atoms with E-state index in [0.29, 0.717) is 27.9 Å². The summed E-state index contributed by atoms with van der Waals surface area (Å²) < 4.78 is 6.41. The Bertz CT molecular complexity index is 1180. The lowest BCUT2D eigenvalue weighted by Crippen LogP contribution is -2.28. The van der Waals surface area contributed by atoms with Crippen LogP contribution in [0, 0.1) is 11.3 Å². The van der Waals surface area contributed by atoms with Crippen LogP contribution in [0.2, 0.25) is 0 Å². The smallest absolute Gasteiger partial charge is 0.359 e. The van der Waals surface area contributed by atoms with Crippen LogP contribution < -0.4 is 10.9 Å². The van der Waals surface area contributed by atoms with Crippen LogP contribution in [0.4, 0.5) is 5.00 Å². The summed E-state index contributed by atoms with van der Waals surface area (Å²) in [7, 11) is 0. The number of carbonyl (C=O) groups excluding carboxylic acids is 2. The van der Waals surface area contributed by atoms with Gasteiger partial charge in [-0.2, -0.15) is 10.4 Å². The van der Waals surface area contributed by atoms with Gasteiger partial charge in [-0.1, -0.05) is 38.0 Å². The molecule has 1 amide bonds. The van der Waals surface area contributed by atoms with Crippen LogP contribution in [0.25, 0.3) is 10.8 Å². The number of unbranched alkanes of at least 4 members (excludes halogenated alkanes) is 2. The third-order valence-corrected chi connectivity index (χ3v) is 5.24. The molecule has 0 aliphatic heterocycles. The van der Waals surface area contributed by atoms with Crippen molar-refractivity contribution in [1.82, 2.24) is 9.78 Å². The number of hydrogen-bond donors (Lipinski definition) is 1. The summed E-state index contributed by atoms with van der Waals surface area (Å²) >= 11 is 1.20. The second kappa shape index (κ2) is 9.80. The maximum absolute atomic E-state index is 12.7. The fourth-order valence-electron chi connectivity index (χ4n) is 2.91. The summed E-state index contributed by atoms with van der Waals surface area (Å²) in [5, 5.41) is 18.6. The SMILES string of the molecule is CCCCCn1nc(C(=O)OCC(=O)Nc2sccc2C#N)c2ccccc2c1=O. The third-order valence-electron chi connectivity index (χ3n) is 4.41. The summed E-state index contributed by atoms with van der Waals surface area (Å²) in [6, 6.07) is 10.2. The standard InChI is InChI=1S/C21H20N4O4S/c1-2-3-6-10-25-20(27)16-8-5-4-7-15(16)18(24-25)21(28)29-13-17(26)23-19-14(12-22)9-11-30-19/h4-5,7-9,11H,2-3,6,10,13H2,1H3,(H,23,26). The zero-order valence-corrected chi connectivity index (χ0v) is 17.2. The minimum absolute atomic E-state index is 0.0108. The van der Waals surface area contributed by atoms with E-state index < -0.39 is 18.5 Å². The highest BCUT2D eigenvalue weighted by Crippen LogP contribution is 2.22. The topological polar surface area (TPSA) is 114 Å². The van der Waals surface area contributed by atoms with Gasteiger partial charge in [0.25, 0.3) is 11.5 Å². The van der Waals surface area contributed by atoms with E-state index in [4.69, 9.17) is 10.00 Å². The van der Waals surface area contributed by atoms with Gasteiger partial charge in [-0.05, 0) is 23.9 Å². The summed E-state index contributed by atoms with van der Waals surface area (Å²) in [6.45, 7) is 1.92. The number of nitrogens with one attached hydrogen (secondary N) is 1. The summed E-state index contributed by atoms with van der Waals surface area (Å²) in [5.41, 5.74) is 0.0625. The Labute approximate surface area is 176 Å². The number of aromatic nitrogens is 2. The van der Waals surface area contributed by atoms with Gasteiger partial charge >= 0.3 is 5.97 Å². The highest BCUT2D eigenvalue weighted by molar-refractivity contribution is 7.14. The molecule has 2 heterocycles. The van der Waals surface area contributed by atoms with Crippen molar-refractivity contribution >= 4 is 39.0 Å². The number of nitriles is 1. The number of hydrogen-bond acceptors (Lipinski definition) is 7. The van der Waals surface area contributed by atoms with Crippen molar-refractivity contribution < 1.29 is 14.3 Å². The van der Waals surface area contributed by atoms with E-state index in [1.54, 1.807) is 35.7 Å². The molecule has 8 nitrogen and oxygen atoms in total. The largest absolute Gasteiger partial charge is 0.451 e. The Morgan fingerprint density at radius 1 is 1.23 bits per heavy atom. The second-order valence-electron chi connectivity index (χ2n) is 6.53. The van der Waals surface area contributed by atoms with Crippen molar-refractivity contribution in [2.75, 3.05) is 11.9 Å². The lowest BCUT2D eigenvalue weighted by molar-refractivity contribution is -0.119. The fourth-order valence-corrected chi connectivity index (χ4v) is 3.66. The zero-order chi connectivity index (χ0) is 21.5. The number of amides is 1. The number of ether oxygens (including phenoxy) is 1. The van der Waals surface area contributed by atoms with Gasteiger partial charge in [-0.25, -0.2) is 9.48 Å². The van der Waals surface area contributed by atoms with Gasteiger partial charge in [-0.3, -0.25) is 9.59 Å². The zero-order valence-electron chi connectivity index (χ0n) is 16.4. The molecule has 1 N–H and O–H groups in total. The van der Waals surface area contributed by atoms with Gasteiger partial charge < -0.3 is 10.1 Å². The Kier molecular flexibility index (Phi) is 6.93. The summed E-state index contributed by atoms with van der Waals surface area (Å²) in [6.07, 6.45) is 2.69. The number of fused-ring (bicyclic) bond motifs is 1. The van der Waals surface area contributed by atoms with Crippen LogP contribution >= 0.6 is 11.3 Å². The van der Waals surface area contributed by atoms with Crippen molar-refractivity contribution in [3.63, 3.8) is 0 Å². The van der Waals surface area contributed by atoms with Crippen LogP contribution in [0.1, 0.15) is 42.2 Å². The molecule has 3 rings (SSSR count). The van der Waals surface area contributed by atoms with Crippen molar-refractivity contribution in [3.8, 4) is 6.07 Å². The molecule has 0 bridgehead atoms. The average Bonchev–Trinajstić information content (AvgIpc) is 3.21. The number of nitrogens with zero attached hydrogens (tertiary/aromatic N) is 3. The first-order chi connectivity index (χ1) is 14.5. The van der Waals surface area contributed by atoms with Crippen molar-refractivity contribution in [2.45, 2.75) is 32.7 Å². The lowest BCUT2D eigenvalue weighted by Gasteiger charge is -2.11. The maximum atomic E-state index is 12.7. The predicted octanol–water partition coefficient (Wildman–Crippen LogP) is 3.32. The maximum Gasteiger partial charge on any atom is 0.359 e. The number of esters is 1. The van der Waals surface area contributed by atoms with Crippen molar-refractivity contribution in [3.05, 3.63) is 57.3 Å². The molecule has 0 spiro atoms. The molecule has 0 unspecified atom stereocenters. The van der Waals surface area contributed by atoms with Gasteiger partial charge in [0.2, 0.25) is 0 Å². The Morgan fingerprint density at radius 2 is 2.00 bits per heavy atom. The van der Waals surface area contributed by atoms with E-state index in [-0.39, 0.29) is 11.3 Å². The Balaban J connectivity index is 1.78. The van der Waals surface area contributed by atoms with Gasteiger partial charge in [0.15, 0.2) is 12.3 Å². The summed E-state index contributed by atoms with van der Waals surface area (Å²) in [5.74, 6) is -1.36. The molecule has 0 aliphatic rings. The van der Waals surface area contributed by atoms with Crippen LogP contribution in [-0.4, -0.2) is 28.3 Å². The normalized spacial score (nSPS) is 10.5. The number of benzene rings is 1. The molecule has 0 saturated heterocycles. The quantitative estimate of drug-likeness (QED) is 0.438. The van der Waals surface area contributed by atoms with Crippen LogP contribution in [0.5, 0.6) is 0 Å². The first-order valence-electron chi connectivity index (χ1n) is 9.49. The highest BCUT2D eigenvalue weighted by Gasteiger charge is 2.19. The molecule has 154 valence electrons. The first kappa shape index (κ1) is 21.2. The van der Waals surface area contributed by atoms with Gasteiger partial charge in [0.05, 0.1) is 10.9 Å². The van der Waals surface area contributed by atoms with Crippen molar-refractivity contribution in [2.24, 2.45) is 0 Å². The fraction of sp³-hybridized carbons (Fsp3) is 0.286. The van der Waals surface area contributed by atoms with Crippen LogP contribution in [0.3, 0.4) is 0 Å². The number of carbonyl (C=O) groups is 2. The number of aryl methyl sites for hydroxylation is 1. The summed E-state index contributed by atoms with van der Waals surface area (Å²) in [4.78, 5) is 37.4.